The van der Waals surface area contributed by atoms with Crippen LogP contribution in [0.4, 0.5) is 0 Å². The van der Waals surface area contributed by atoms with Crippen LogP contribution in [0.3, 0.4) is 0 Å². The number of aromatic nitrogens is 3. The van der Waals surface area contributed by atoms with E-state index < -0.39 is 0 Å². The van der Waals surface area contributed by atoms with E-state index in [2.05, 4.69) is 16.0 Å². The molecule has 3 aromatic heterocycles. The lowest BCUT2D eigenvalue weighted by Gasteiger charge is -1.97. The number of nitrogens with one attached hydrogen (secondary N) is 1. The molecule has 1 N–H and O–H groups in total. The van der Waals surface area contributed by atoms with Gasteiger partial charge in [-0.25, -0.2) is 9.97 Å². The predicted octanol–water partition coefficient (Wildman–Crippen LogP) is 5.16. The van der Waals surface area contributed by atoms with Gasteiger partial charge in [-0.05, 0) is 38.5 Å². The summed E-state index contributed by atoms with van der Waals surface area (Å²) in [4.78, 5) is 24.6. The number of H-pyrrole nitrogens is 1. The summed E-state index contributed by atoms with van der Waals surface area (Å²) in [5, 5.41) is 4.15. The zero-order valence-corrected chi connectivity index (χ0v) is 15.8. The fraction of sp³-hybridized carbons (Fsp3) is 0.211. The average Bonchev–Trinajstić information content (AvgIpc) is 3.24. The quantitative estimate of drug-likeness (QED) is 0.507. The van der Waals surface area contributed by atoms with E-state index >= 15 is 0 Å². The first-order valence-corrected chi connectivity index (χ1v) is 9.72. The van der Waals surface area contributed by atoms with Crippen LogP contribution in [0.1, 0.15) is 38.6 Å². The molecule has 0 saturated heterocycles. The van der Waals surface area contributed by atoms with Crippen molar-refractivity contribution in [1.29, 1.82) is 0 Å². The van der Waals surface area contributed by atoms with Crippen molar-refractivity contribution in [1.82, 2.24) is 15.0 Å². The van der Waals surface area contributed by atoms with Gasteiger partial charge in [-0.15, -0.1) is 22.7 Å². The number of aromatic amines is 1. The highest BCUT2D eigenvalue weighted by Gasteiger charge is 2.18. The number of ketones is 1. The van der Waals surface area contributed by atoms with Crippen molar-refractivity contribution in [2.45, 2.75) is 27.2 Å². The monoisotopic (exact) mass is 367 g/mol. The Bertz CT molecular complexity index is 1050. The lowest BCUT2D eigenvalue weighted by atomic mass is 10.1. The maximum absolute atomic E-state index is 11.8. The zero-order valence-electron chi connectivity index (χ0n) is 14.2. The van der Waals surface area contributed by atoms with Crippen LogP contribution in [-0.2, 0) is 6.42 Å². The zero-order chi connectivity index (χ0) is 17.6. The number of aryl methyl sites for hydroxylation is 1. The molecule has 0 bridgehead atoms. The Morgan fingerprint density at radius 1 is 1.16 bits per heavy atom. The van der Waals surface area contributed by atoms with Crippen molar-refractivity contribution < 1.29 is 4.79 Å². The Morgan fingerprint density at radius 2 is 1.96 bits per heavy atom. The Hall–Kier alpha value is -2.31. The highest BCUT2D eigenvalue weighted by Crippen LogP contribution is 2.30. The lowest BCUT2D eigenvalue weighted by Crippen LogP contribution is -1.94. The number of hydrogen-bond donors (Lipinski definition) is 1. The molecule has 0 saturated carbocycles. The second-order valence-electron chi connectivity index (χ2n) is 6.06. The van der Waals surface area contributed by atoms with Gasteiger partial charge in [-0.3, -0.25) is 4.79 Å². The number of thiazole rings is 2. The highest BCUT2D eigenvalue weighted by molar-refractivity contribution is 7.18. The van der Waals surface area contributed by atoms with Crippen molar-refractivity contribution in [2.75, 3.05) is 0 Å². The van der Waals surface area contributed by atoms with E-state index in [1.165, 1.54) is 4.70 Å². The fourth-order valence-corrected chi connectivity index (χ4v) is 5.02. The number of rotatable bonds is 4. The summed E-state index contributed by atoms with van der Waals surface area (Å²) in [6.07, 6.45) is 0.738. The van der Waals surface area contributed by atoms with E-state index in [0.717, 1.165) is 50.2 Å². The van der Waals surface area contributed by atoms with E-state index in [4.69, 9.17) is 4.98 Å². The summed E-state index contributed by atoms with van der Waals surface area (Å²) in [7, 11) is 0. The van der Waals surface area contributed by atoms with E-state index in [1.54, 1.807) is 29.6 Å². The van der Waals surface area contributed by atoms with Crippen LogP contribution in [0.2, 0.25) is 0 Å². The molecule has 25 heavy (non-hydrogen) atoms. The van der Waals surface area contributed by atoms with Crippen LogP contribution in [0, 0.1) is 13.8 Å². The summed E-state index contributed by atoms with van der Waals surface area (Å²) < 4.78 is 1.20. The number of fused-ring (bicyclic) bond motifs is 1. The molecule has 126 valence electrons. The van der Waals surface area contributed by atoms with Gasteiger partial charge < -0.3 is 4.98 Å². The van der Waals surface area contributed by atoms with Crippen LogP contribution >= 0.6 is 22.7 Å². The number of carbonyl (C=O) groups excluding carboxylic acids is 1. The molecule has 6 heteroatoms. The Morgan fingerprint density at radius 3 is 2.68 bits per heavy atom. The molecular weight excluding hydrogens is 350 g/mol. The minimum atomic E-state index is 0.0856. The smallest absolute Gasteiger partial charge is 0.161 e. The van der Waals surface area contributed by atoms with Crippen molar-refractivity contribution >= 4 is 38.7 Å². The van der Waals surface area contributed by atoms with Crippen molar-refractivity contribution in [3.8, 4) is 11.4 Å². The molecule has 0 aliphatic carbocycles. The van der Waals surface area contributed by atoms with Crippen molar-refractivity contribution in [2.24, 2.45) is 0 Å². The maximum Gasteiger partial charge on any atom is 0.161 e. The Labute approximate surface area is 153 Å². The van der Waals surface area contributed by atoms with E-state index in [-0.39, 0.29) is 5.78 Å². The van der Waals surface area contributed by atoms with Crippen LogP contribution in [0.5, 0.6) is 0 Å². The molecule has 0 fully saturated rings. The molecule has 3 heterocycles. The third-order valence-electron chi connectivity index (χ3n) is 4.24. The first kappa shape index (κ1) is 16.2. The molecule has 4 nitrogen and oxygen atoms in total. The Balaban J connectivity index is 1.64. The highest BCUT2D eigenvalue weighted by atomic mass is 32.1. The van der Waals surface area contributed by atoms with Gasteiger partial charge in [-0.2, -0.15) is 0 Å². The number of para-hydroxylation sites is 1. The fourth-order valence-electron chi connectivity index (χ4n) is 3.17. The first-order valence-electron chi connectivity index (χ1n) is 8.02. The van der Waals surface area contributed by atoms with Gasteiger partial charge in [0, 0.05) is 16.6 Å². The molecule has 0 aliphatic heterocycles. The van der Waals surface area contributed by atoms with E-state index in [1.807, 2.05) is 37.4 Å². The second kappa shape index (κ2) is 6.20. The van der Waals surface area contributed by atoms with Gasteiger partial charge in [0.2, 0.25) is 0 Å². The molecule has 0 unspecified atom stereocenters. The molecule has 0 spiro atoms. The third kappa shape index (κ3) is 2.92. The summed E-state index contributed by atoms with van der Waals surface area (Å²) in [5.74, 6) is 0.0856. The van der Waals surface area contributed by atoms with Gasteiger partial charge in [0.1, 0.15) is 10.0 Å². The molecule has 0 radical (unpaired) electrons. The number of carbonyl (C=O) groups is 1. The molecule has 4 rings (SSSR count). The van der Waals surface area contributed by atoms with Gasteiger partial charge in [0.25, 0.3) is 0 Å². The molecule has 4 aromatic rings. The lowest BCUT2D eigenvalue weighted by molar-refractivity contribution is 0.101. The summed E-state index contributed by atoms with van der Waals surface area (Å²) in [6.45, 7) is 5.51. The average molecular weight is 367 g/mol. The maximum atomic E-state index is 11.8. The van der Waals surface area contributed by atoms with Gasteiger partial charge in [-0.1, -0.05) is 12.1 Å². The topological polar surface area (TPSA) is 58.6 Å². The minimum absolute atomic E-state index is 0.0856. The van der Waals surface area contributed by atoms with Crippen LogP contribution < -0.4 is 0 Å². The number of Topliss-reactive ketones (excluding diaryl/α,β-unsaturated/α-hetero) is 1. The normalized spacial score (nSPS) is 11.3. The second-order valence-corrected chi connectivity index (χ2v) is 8.12. The number of nitrogens with zero attached hydrogens (tertiary/aromatic N) is 2. The Kier molecular flexibility index (Phi) is 4.01. The molecule has 0 atom stereocenters. The SMILES string of the molecule is CC(=O)c1c(C)[nH]c(-c2csc(Cc3nc4ccccc4s3)n2)c1C. The minimum Gasteiger partial charge on any atom is -0.356 e. The van der Waals surface area contributed by atoms with E-state index in [0.29, 0.717) is 0 Å². The predicted molar refractivity (Wildman–Crippen MR) is 104 cm³/mol. The molecule has 0 aliphatic rings. The summed E-state index contributed by atoms with van der Waals surface area (Å²) >= 11 is 3.35. The van der Waals surface area contributed by atoms with Crippen molar-refractivity contribution in [3.05, 3.63) is 56.5 Å². The van der Waals surface area contributed by atoms with Gasteiger partial charge >= 0.3 is 0 Å². The standard InChI is InChI=1S/C19H17N3OS2/c1-10-18(12(3)23)11(2)20-19(10)14-9-24-16(22-14)8-17-21-13-6-4-5-7-15(13)25-17/h4-7,9,20H,8H2,1-3H3. The van der Waals surface area contributed by atoms with Crippen molar-refractivity contribution in [3.63, 3.8) is 0 Å². The number of benzene rings is 1. The van der Waals surface area contributed by atoms with Crippen LogP contribution in [-0.4, -0.2) is 20.7 Å². The molecular formula is C19H17N3OS2. The first-order chi connectivity index (χ1) is 12.0. The molecule has 0 amide bonds. The van der Waals surface area contributed by atoms with Crippen LogP contribution in [0.15, 0.2) is 29.6 Å². The summed E-state index contributed by atoms with van der Waals surface area (Å²) in [6, 6.07) is 8.18. The summed E-state index contributed by atoms with van der Waals surface area (Å²) in [5.41, 5.74) is 5.53. The molecule has 1 aromatic carbocycles. The van der Waals surface area contributed by atoms with Gasteiger partial charge in [0.05, 0.1) is 28.0 Å². The van der Waals surface area contributed by atoms with Gasteiger partial charge in [0.15, 0.2) is 5.78 Å². The largest absolute Gasteiger partial charge is 0.356 e. The third-order valence-corrected chi connectivity index (χ3v) is 6.12. The number of hydrogen-bond acceptors (Lipinski definition) is 5. The van der Waals surface area contributed by atoms with E-state index in [9.17, 15) is 4.79 Å². The van der Waals surface area contributed by atoms with Crippen LogP contribution in [0.25, 0.3) is 21.6 Å².